The fourth-order valence-corrected chi connectivity index (χ4v) is 1.59. The van der Waals surface area contributed by atoms with E-state index >= 15 is 0 Å². The van der Waals surface area contributed by atoms with Crippen molar-refractivity contribution in [2.24, 2.45) is 0 Å². The van der Waals surface area contributed by atoms with Gasteiger partial charge in [0.2, 0.25) is 0 Å². The van der Waals surface area contributed by atoms with Crippen molar-refractivity contribution in [2.45, 2.75) is 0 Å². The van der Waals surface area contributed by atoms with Crippen molar-refractivity contribution in [3.63, 3.8) is 0 Å². The molecule has 0 fully saturated rings. The average molecular weight is 160 g/mol. The molecule has 11 heavy (non-hydrogen) atoms. The van der Waals surface area contributed by atoms with Gasteiger partial charge in [-0.05, 0) is 0 Å². The zero-order valence-electron chi connectivity index (χ0n) is 5.40. The third-order valence-electron chi connectivity index (χ3n) is 1.30. The van der Waals surface area contributed by atoms with Crippen LogP contribution in [0.25, 0.3) is 10.2 Å². The highest BCUT2D eigenvalue weighted by molar-refractivity contribution is 7.17. The maximum atomic E-state index is 8.61. The van der Waals surface area contributed by atoms with Crippen LogP contribution in [0.2, 0.25) is 0 Å². The van der Waals surface area contributed by atoms with E-state index in [0.29, 0.717) is 5.56 Å². The number of thiophene rings is 1. The van der Waals surface area contributed by atoms with Crippen molar-refractivity contribution < 1.29 is 0 Å². The van der Waals surface area contributed by atoms with Crippen LogP contribution in [0.1, 0.15) is 5.56 Å². The van der Waals surface area contributed by atoms with Gasteiger partial charge in [-0.2, -0.15) is 5.26 Å². The molecule has 0 aromatic carbocycles. The van der Waals surface area contributed by atoms with Crippen LogP contribution in [0.5, 0.6) is 0 Å². The predicted molar refractivity (Wildman–Crippen MR) is 41.0 cm³/mol. The highest BCUT2D eigenvalue weighted by Gasteiger charge is 2.02. The monoisotopic (exact) mass is 160 g/mol. The molecule has 2 aromatic rings. The summed E-state index contributed by atoms with van der Waals surface area (Å²) < 4.78 is 0. The molecule has 0 spiro atoms. The molecule has 0 unspecified atom stereocenters. The molecule has 51 valence electrons. The molecule has 0 N–H and O–H groups in total. The van der Waals surface area contributed by atoms with Gasteiger partial charge in [0.05, 0.1) is 10.9 Å². The van der Waals surface area contributed by atoms with E-state index in [2.05, 4.69) is 16.2 Å². The smallest absolute Gasteiger partial charge is 0.128 e. The molecule has 0 aliphatic heterocycles. The molecule has 0 saturated carbocycles. The zero-order chi connectivity index (χ0) is 7.68. The molecule has 0 aliphatic carbocycles. The Morgan fingerprint density at radius 2 is 2.55 bits per heavy atom. The van der Waals surface area contributed by atoms with Crippen LogP contribution in [0.15, 0.2) is 11.7 Å². The Morgan fingerprint density at radius 1 is 1.64 bits per heavy atom. The summed E-state index contributed by atoms with van der Waals surface area (Å²) in [7, 11) is 0. The van der Waals surface area contributed by atoms with E-state index < -0.39 is 0 Å². The topological polar surface area (TPSA) is 49.6 Å². The third kappa shape index (κ3) is 0.863. The first kappa shape index (κ1) is 6.25. The van der Waals surface area contributed by atoms with Gasteiger partial charge in [-0.25, -0.2) is 9.97 Å². The third-order valence-corrected chi connectivity index (χ3v) is 2.19. The van der Waals surface area contributed by atoms with Gasteiger partial charge in [0, 0.05) is 5.38 Å². The largest absolute Gasteiger partial charge is 0.234 e. The van der Waals surface area contributed by atoms with Crippen molar-refractivity contribution in [1.29, 1.82) is 5.26 Å². The minimum absolute atomic E-state index is 0.602. The molecule has 1 radical (unpaired) electrons. The Labute approximate surface area is 67.0 Å². The molecular weight excluding hydrogens is 158 g/mol. The van der Waals surface area contributed by atoms with Gasteiger partial charge in [0.25, 0.3) is 0 Å². The molecule has 2 heterocycles. The Balaban J connectivity index is 2.89. The Hall–Kier alpha value is -1.47. The number of nitriles is 1. The Kier molecular flexibility index (Phi) is 1.30. The molecule has 3 nitrogen and oxygen atoms in total. The number of aromatic nitrogens is 2. The fraction of sp³-hybridized carbons (Fsp3) is 0. The lowest BCUT2D eigenvalue weighted by Crippen LogP contribution is -1.76. The van der Waals surface area contributed by atoms with Gasteiger partial charge >= 0.3 is 0 Å². The molecule has 0 aliphatic rings. The lowest BCUT2D eigenvalue weighted by Gasteiger charge is -1.82. The van der Waals surface area contributed by atoms with Gasteiger partial charge in [-0.3, -0.25) is 0 Å². The molecule has 0 saturated heterocycles. The Bertz CT molecular complexity index is 426. The van der Waals surface area contributed by atoms with Crippen molar-refractivity contribution in [2.75, 3.05) is 0 Å². The van der Waals surface area contributed by atoms with Crippen molar-refractivity contribution >= 4 is 21.6 Å². The van der Waals surface area contributed by atoms with Crippen molar-refractivity contribution in [3.05, 3.63) is 23.5 Å². The SMILES string of the molecule is N#Cc1csc2ncn[c]c12. The fourth-order valence-electron chi connectivity index (χ4n) is 0.808. The normalized spacial score (nSPS) is 9.73. The van der Waals surface area contributed by atoms with E-state index in [1.165, 1.54) is 17.7 Å². The first-order valence-corrected chi connectivity index (χ1v) is 3.80. The predicted octanol–water partition coefficient (Wildman–Crippen LogP) is 1.36. The second kappa shape index (κ2) is 2.29. The molecule has 2 aromatic heterocycles. The maximum absolute atomic E-state index is 8.61. The lowest BCUT2D eigenvalue weighted by atomic mass is 10.3. The van der Waals surface area contributed by atoms with E-state index in [4.69, 9.17) is 5.26 Å². The summed E-state index contributed by atoms with van der Waals surface area (Å²) in [5.41, 5.74) is 0.602. The number of hydrogen-bond acceptors (Lipinski definition) is 4. The summed E-state index contributed by atoms with van der Waals surface area (Å²) in [5, 5.41) is 11.1. The van der Waals surface area contributed by atoms with Crippen LogP contribution in [0.4, 0.5) is 0 Å². The van der Waals surface area contributed by atoms with E-state index in [1.54, 1.807) is 5.38 Å². The molecule has 0 bridgehead atoms. The standard InChI is InChI=1S/C7H2N3S/c8-1-5-3-11-7-6(5)2-9-4-10-7/h3-4H. The van der Waals surface area contributed by atoms with Gasteiger partial charge in [-0.1, -0.05) is 0 Å². The van der Waals surface area contributed by atoms with Crippen LogP contribution in [-0.2, 0) is 0 Å². The molecule has 0 atom stereocenters. The van der Waals surface area contributed by atoms with Gasteiger partial charge in [0.1, 0.15) is 23.4 Å². The first-order chi connectivity index (χ1) is 5.42. The summed E-state index contributed by atoms with van der Waals surface area (Å²) in [6, 6.07) is 2.05. The summed E-state index contributed by atoms with van der Waals surface area (Å²) in [4.78, 5) is 8.50. The van der Waals surface area contributed by atoms with Gasteiger partial charge in [0.15, 0.2) is 0 Å². The summed E-state index contributed by atoms with van der Waals surface area (Å²) in [6.45, 7) is 0. The minimum atomic E-state index is 0.602. The van der Waals surface area contributed by atoms with Crippen LogP contribution < -0.4 is 0 Å². The lowest BCUT2D eigenvalue weighted by molar-refractivity contribution is 1.22. The van der Waals surface area contributed by atoms with E-state index in [1.807, 2.05) is 6.07 Å². The van der Waals surface area contributed by atoms with Gasteiger partial charge in [-0.15, -0.1) is 11.3 Å². The highest BCUT2D eigenvalue weighted by Crippen LogP contribution is 2.20. The molecule has 4 heteroatoms. The minimum Gasteiger partial charge on any atom is -0.234 e. The van der Waals surface area contributed by atoms with Crippen molar-refractivity contribution in [3.8, 4) is 6.07 Å². The second-order valence-electron chi connectivity index (χ2n) is 1.93. The van der Waals surface area contributed by atoms with E-state index in [-0.39, 0.29) is 0 Å². The maximum Gasteiger partial charge on any atom is 0.128 e. The van der Waals surface area contributed by atoms with E-state index in [9.17, 15) is 0 Å². The zero-order valence-corrected chi connectivity index (χ0v) is 6.22. The van der Waals surface area contributed by atoms with E-state index in [0.717, 1.165) is 10.2 Å². The molecular formula is C7H2N3S. The summed E-state index contributed by atoms with van der Waals surface area (Å²) >= 11 is 1.43. The number of hydrogen-bond donors (Lipinski definition) is 0. The Morgan fingerprint density at radius 3 is 3.36 bits per heavy atom. The quantitative estimate of drug-likeness (QED) is 0.584. The van der Waals surface area contributed by atoms with Crippen LogP contribution in [0, 0.1) is 17.5 Å². The van der Waals surface area contributed by atoms with Crippen molar-refractivity contribution in [1.82, 2.24) is 9.97 Å². The average Bonchev–Trinajstić information content (AvgIpc) is 2.47. The highest BCUT2D eigenvalue weighted by atomic mass is 32.1. The number of nitrogens with zero attached hydrogens (tertiary/aromatic N) is 3. The first-order valence-electron chi connectivity index (χ1n) is 2.92. The number of fused-ring (bicyclic) bond motifs is 1. The van der Waals surface area contributed by atoms with Crippen LogP contribution >= 0.6 is 11.3 Å². The van der Waals surface area contributed by atoms with Crippen LogP contribution in [0.3, 0.4) is 0 Å². The molecule has 2 rings (SSSR count). The second-order valence-corrected chi connectivity index (χ2v) is 2.78. The summed E-state index contributed by atoms with van der Waals surface area (Å²) in [6.07, 6.45) is 4.16. The van der Waals surface area contributed by atoms with Crippen LogP contribution in [-0.4, -0.2) is 9.97 Å². The van der Waals surface area contributed by atoms with Gasteiger partial charge < -0.3 is 0 Å². The summed E-state index contributed by atoms with van der Waals surface area (Å²) in [5.74, 6) is 0. The number of rotatable bonds is 0. The molecule has 0 amide bonds.